The highest BCUT2D eigenvalue weighted by Crippen LogP contribution is 2.28. The van der Waals surface area contributed by atoms with Crippen molar-refractivity contribution < 1.29 is 4.79 Å². The van der Waals surface area contributed by atoms with Crippen molar-refractivity contribution in [3.8, 4) is 0 Å². The maximum Gasteiger partial charge on any atom is 0.241 e. The molecule has 1 aromatic carbocycles. The number of nitrogens with one attached hydrogen (secondary N) is 2. The second kappa shape index (κ2) is 5.76. The molecule has 0 aliphatic rings. The summed E-state index contributed by atoms with van der Waals surface area (Å²) in [6.07, 6.45) is 0. The maximum absolute atomic E-state index is 11.4. The third-order valence-corrected chi connectivity index (χ3v) is 4.28. The molecule has 0 spiro atoms. The van der Waals surface area contributed by atoms with Crippen molar-refractivity contribution in [3.05, 3.63) is 35.5 Å². The standard InChI is InChI=1S/C15H17N5OS/c1-9-4-5-12-11(6-9)17-15(22-12)18-13-7-10(2)20(19-13)8-14(21)16-3/h4-7H,8H2,1-3H3,(H,16,21)(H,17,18,19). The number of anilines is 2. The van der Waals surface area contributed by atoms with Crippen molar-refractivity contribution in [1.82, 2.24) is 20.1 Å². The van der Waals surface area contributed by atoms with Crippen LogP contribution in [0.1, 0.15) is 11.3 Å². The Balaban J connectivity index is 1.82. The molecule has 3 rings (SSSR count). The fourth-order valence-electron chi connectivity index (χ4n) is 2.15. The first-order valence-corrected chi connectivity index (χ1v) is 7.76. The topological polar surface area (TPSA) is 71.8 Å². The average Bonchev–Trinajstić information content (AvgIpc) is 3.01. The minimum atomic E-state index is -0.0757. The number of thiazole rings is 1. The van der Waals surface area contributed by atoms with Crippen molar-refractivity contribution in [2.75, 3.05) is 12.4 Å². The van der Waals surface area contributed by atoms with Gasteiger partial charge in [0.05, 0.1) is 10.2 Å². The van der Waals surface area contributed by atoms with Gasteiger partial charge in [0.1, 0.15) is 6.54 Å². The molecule has 2 aromatic heterocycles. The van der Waals surface area contributed by atoms with Gasteiger partial charge in [-0.3, -0.25) is 9.48 Å². The van der Waals surface area contributed by atoms with E-state index < -0.39 is 0 Å². The summed E-state index contributed by atoms with van der Waals surface area (Å²) in [4.78, 5) is 16.0. The molecule has 0 unspecified atom stereocenters. The minimum absolute atomic E-state index is 0.0757. The first-order valence-electron chi connectivity index (χ1n) is 6.94. The Labute approximate surface area is 132 Å². The zero-order valence-electron chi connectivity index (χ0n) is 12.7. The van der Waals surface area contributed by atoms with E-state index in [1.807, 2.05) is 13.0 Å². The van der Waals surface area contributed by atoms with Crippen molar-refractivity contribution in [2.24, 2.45) is 0 Å². The van der Waals surface area contributed by atoms with Crippen molar-refractivity contribution in [2.45, 2.75) is 20.4 Å². The quantitative estimate of drug-likeness (QED) is 0.776. The van der Waals surface area contributed by atoms with Gasteiger partial charge in [-0.1, -0.05) is 17.4 Å². The van der Waals surface area contributed by atoms with Crippen LogP contribution in [0, 0.1) is 13.8 Å². The first kappa shape index (κ1) is 14.5. The third kappa shape index (κ3) is 2.94. The molecule has 3 aromatic rings. The molecule has 2 heterocycles. The Kier molecular flexibility index (Phi) is 3.81. The number of carbonyl (C=O) groups excluding carboxylic acids is 1. The van der Waals surface area contributed by atoms with Crippen LogP contribution in [0.25, 0.3) is 10.2 Å². The van der Waals surface area contributed by atoms with Gasteiger partial charge < -0.3 is 10.6 Å². The van der Waals surface area contributed by atoms with Crippen molar-refractivity contribution in [1.29, 1.82) is 0 Å². The summed E-state index contributed by atoms with van der Waals surface area (Å²) in [5, 5.41) is 11.0. The monoisotopic (exact) mass is 315 g/mol. The van der Waals surface area contributed by atoms with E-state index in [0.29, 0.717) is 5.82 Å². The molecule has 114 valence electrons. The number of aryl methyl sites for hydroxylation is 2. The number of benzene rings is 1. The van der Waals surface area contributed by atoms with Crippen LogP contribution in [0.3, 0.4) is 0 Å². The first-order chi connectivity index (χ1) is 10.5. The summed E-state index contributed by atoms with van der Waals surface area (Å²) in [6, 6.07) is 8.11. The van der Waals surface area contributed by atoms with Crippen LogP contribution in [0.15, 0.2) is 24.3 Å². The molecular weight excluding hydrogens is 298 g/mol. The Morgan fingerprint density at radius 1 is 1.32 bits per heavy atom. The second-order valence-corrected chi connectivity index (χ2v) is 6.15. The van der Waals surface area contributed by atoms with Crippen LogP contribution < -0.4 is 10.6 Å². The highest BCUT2D eigenvalue weighted by molar-refractivity contribution is 7.22. The predicted molar refractivity (Wildman–Crippen MR) is 88.7 cm³/mol. The number of hydrogen-bond donors (Lipinski definition) is 2. The molecule has 0 atom stereocenters. The molecule has 1 amide bonds. The number of carbonyl (C=O) groups is 1. The highest BCUT2D eigenvalue weighted by atomic mass is 32.1. The van der Waals surface area contributed by atoms with Gasteiger partial charge in [0.2, 0.25) is 5.91 Å². The van der Waals surface area contributed by atoms with E-state index in [1.165, 1.54) is 5.56 Å². The van der Waals surface area contributed by atoms with Gasteiger partial charge in [0.15, 0.2) is 10.9 Å². The Hall–Kier alpha value is -2.41. The summed E-state index contributed by atoms with van der Waals surface area (Å²) in [6.45, 7) is 4.18. The van der Waals surface area contributed by atoms with Gasteiger partial charge in [0, 0.05) is 18.8 Å². The van der Waals surface area contributed by atoms with E-state index >= 15 is 0 Å². The molecule has 7 heteroatoms. The van der Waals surface area contributed by atoms with Crippen LogP contribution in [-0.4, -0.2) is 27.7 Å². The van der Waals surface area contributed by atoms with E-state index in [2.05, 4.69) is 45.8 Å². The van der Waals surface area contributed by atoms with E-state index in [-0.39, 0.29) is 12.5 Å². The number of amides is 1. The van der Waals surface area contributed by atoms with Gasteiger partial charge in [-0.2, -0.15) is 5.10 Å². The number of nitrogens with zero attached hydrogens (tertiary/aromatic N) is 3. The second-order valence-electron chi connectivity index (χ2n) is 5.12. The molecule has 0 aliphatic heterocycles. The van der Waals surface area contributed by atoms with Gasteiger partial charge in [-0.05, 0) is 31.5 Å². The van der Waals surface area contributed by atoms with Crippen molar-refractivity contribution >= 4 is 38.4 Å². The minimum Gasteiger partial charge on any atom is -0.358 e. The van der Waals surface area contributed by atoms with E-state index in [9.17, 15) is 4.79 Å². The number of aromatic nitrogens is 3. The Morgan fingerprint density at radius 2 is 2.14 bits per heavy atom. The SMILES string of the molecule is CNC(=O)Cn1nc(Nc2nc3cc(C)ccc3s2)cc1C. The van der Waals surface area contributed by atoms with Gasteiger partial charge in [-0.25, -0.2) is 4.98 Å². The zero-order valence-corrected chi connectivity index (χ0v) is 13.5. The zero-order chi connectivity index (χ0) is 15.7. The van der Waals surface area contributed by atoms with Crippen LogP contribution in [0.5, 0.6) is 0 Å². The number of hydrogen-bond acceptors (Lipinski definition) is 5. The van der Waals surface area contributed by atoms with Crippen LogP contribution in [0.2, 0.25) is 0 Å². The molecule has 0 fully saturated rings. The molecule has 0 aliphatic carbocycles. The van der Waals surface area contributed by atoms with Gasteiger partial charge in [-0.15, -0.1) is 0 Å². The highest BCUT2D eigenvalue weighted by Gasteiger charge is 2.10. The Morgan fingerprint density at radius 3 is 2.91 bits per heavy atom. The predicted octanol–water partition coefficient (Wildman–Crippen LogP) is 2.60. The van der Waals surface area contributed by atoms with E-state index in [4.69, 9.17) is 0 Å². The summed E-state index contributed by atoms with van der Waals surface area (Å²) in [5.41, 5.74) is 3.09. The van der Waals surface area contributed by atoms with E-state index in [1.54, 1.807) is 23.1 Å². The van der Waals surface area contributed by atoms with Crippen molar-refractivity contribution in [3.63, 3.8) is 0 Å². The smallest absolute Gasteiger partial charge is 0.241 e. The molecule has 0 saturated heterocycles. The molecule has 22 heavy (non-hydrogen) atoms. The lowest BCUT2D eigenvalue weighted by Crippen LogP contribution is -2.24. The fourth-order valence-corrected chi connectivity index (χ4v) is 3.00. The Bertz CT molecular complexity index is 836. The average molecular weight is 315 g/mol. The van der Waals surface area contributed by atoms with Crippen LogP contribution in [0.4, 0.5) is 10.9 Å². The summed E-state index contributed by atoms with van der Waals surface area (Å²) < 4.78 is 2.80. The van der Waals surface area contributed by atoms with Gasteiger partial charge in [0.25, 0.3) is 0 Å². The normalized spacial score (nSPS) is 10.9. The van der Waals surface area contributed by atoms with Crippen LogP contribution in [-0.2, 0) is 11.3 Å². The van der Waals surface area contributed by atoms with E-state index in [0.717, 1.165) is 21.0 Å². The molecular formula is C15H17N5OS. The number of rotatable bonds is 4. The lowest BCUT2D eigenvalue weighted by Gasteiger charge is -2.02. The lowest BCUT2D eigenvalue weighted by atomic mass is 10.2. The third-order valence-electron chi connectivity index (χ3n) is 3.33. The molecule has 6 nitrogen and oxygen atoms in total. The number of likely N-dealkylation sites (N-methyl/N-ethyl adjacent to an activating group) is 1. The molecule has 2 N–H and O–H groups in total. The molecule has 0 radical (unpaired) electrons. The summed E-state index contributed by atoms with van der Waals surface area (Å²) in [7, 11) is 1.61. The molecule has 0 bridgehead atoms. The summed E-state index contributed by atoms with van der Waals surface area (Å²) in [5.74, 6) is 0.616. The summed E-state index contributed by atoms with van der Waals surface area (Å²) >= 11 is 1.58. The number of fused-ring (bicyclic) bond motifs is 1. The molecule has 0 saturated carbocycles. The van der Waals surface area contributed by atoms with Crippen LogP contribution >= 0.6 is 11.3 Å². The lowest BCUT2D eigenvalue weighted by molar-refractivity contribution is -0.121. The fraction of sp³-hybridized carbons (Fsp3) is 0.267. The maximum atomic E-state index is 11.4. The largest absolute Gasteiger partial charge is 0.358 e. The van der Waals surface area contributed by atoms with Gasteiger partial charge >= 0.3 is 0 Å².